The van der Waals surface area contributed by atoms with Crippen LogP contribution in [0, 0.1) is 0 Å². The number of carbonyl (C=O) groups is 2. The summed E-state index contributed by atoms with van der Waals surface area (Å²) in [6.07, 6.45) is 8.60. The molecule has 0 aliphatic rings. The molecule has 2 N–H and O–H groups in total. The minimum Gasteiger partial charge on any atom is -0.494 e. The lowest BCUT2D eigenvalue weighted by molar-refractivity contribution is -0.138. The molecule has 0 aliphatic carbocycles. The minimum absolute atomic E-state index is 0.196. The van der Waals surface area contributed by atoms with E-state index in [1.807, 2.05) is 48.5 Å². The molecule has 0 aliphatic heterocycles. The molecule has 0 bridgehead atoms. The van der Waals surface area contributed by atoms with E-state index in [2.05, 4.69) is 9.97 Å². The molecule has 0 radical (unpaired) electrons. The van der Waals surface area contributed by atoms with Gasteiger partial charge in [-0.15, -0.1) is 0 Å². The third-order valence-electron chi connectivity index (χ3n) is 6.18. The van der Waals surface area contributed by atoms with Crippen molar-refractivity contribution in [2.24, 2.45) is 0 Å². The topological polar surface area (TPSA) is 119 Å². The molecule has 4 aromatic rings. The number of pyridine rings is 2. The summed E-state index contributed by atoms with van der Waals surface area (Å²) in [5, 5.41) is 19.5. The van der Waals surface area contributed by atoms with Gasteiger partial charge in [-0.3, -0.25) is 19.6 Å². The van der Waals surface area contributed by atoms with Crippen LogP contribution >= 0.6 is 21.6 Å². The summed E-state index contributed by atoms with van der Waals surface area (Å²) in [4.78, 5) is 32.5. The van der Waals surface area contributed by atoms with Crippen molar-refractivity contribution in [3.8, 4) is 11.5 Å². The van der Waals surface area contributed by atoms with Crippen molar-refractivity contribution in [1.82, 2.24) is 9.97 Å². The zero-order valence-corrected chi connectivity index (χ0v) is 23.7. The van der Waals surface area contributed by atoms with Crippen molar-refractivity contribution < 1.29 is 29.3 Å². The highest BCUT2D eigenvalue weighted by atomic mass is 33.1. The predicted octanol–water partition coefficient (Wildman–Crippen LogP) is 7.63. The maximum atomic E-state index is 10.6. The van der Waals surface area contributed by atoms with Crippen LogP contribution < -0.4 is 9.47 Å². The van der Waals surface area contributed by atoms with Crippen molar-refractivity contribution in [2.45, 2.75) is 61.2 Å². The zero-order chi connectivity index (χ0) is 28.2. The smallest absolute Gasteiger partial charge is 0.303 e. The van der Waals surface area contributed by atoms with Crippen molar-refractivity contribution in [3.05, 3.63) is 60.9 Å². The molecule has 4 rings (SSSR count). The molecule has 0 atom stereocenters. The molecule has 2 aromatic heterocycles. The number of fused-ring (bicyclic) bond motifs is 2. The number of ether oxygens (including phenoxy) is 2. The third kappa shape index (κ3) is 9.02. The molecular weight excluding hydrogens is 548 g/mol. The summed E-state index contributed by atoms with van der Waals surface area (Å²) in [6, 6.07) is 15.9. The van der Waals surface area contributed by atoms with Crippen LogP contribution in [-0.2, 0) is 9.59 Å². The molecule has 210 valence electrons. The number of hydrogen-bond donors (Lipinski definition) is 2. The second-order valence-electron chi connectivity index (χ2n) is 9.25. The Kier molecular flexibility index (Phi) is 11.3. The highest BCUT2D eigenvalue weighted by Crippen LogP contribution is 2.43. The van der Waals surface area contributed by atoms with Gasteiger partial charge < -0.3 is 19.7 Å². The van der Waals surface area contributed by atoms with Gasteiger partial charge in [0.2, 0.25) is 0 Å². The number of benzene rings is 2. The number of rotatable bonds is 17. The number of unbranched alkanes of at least 4 members (excludes halogenated alkanes) is 4. The summed E-state index contributed by atoms with van der Waals surface area (Å²) in [5.41, 5.74) is 1.72. The Hall–Kier alpha value is -3.50. The van der Waals surface area contributed by atoms with Crippen molar-refractivity contribution in [1.29, 1.82) is 0 Å². The normalized spacial score (nSPS) is 11.1. The van der Waals surface area contributed by atoms with Crippen molar-refractivity contribution in [2.75, 3.05) is 13.2 Å². The maximum Gasteiger partial charge on any atom is 0.303 e. The first-order chi connectivity index (χ1) is 19.5. The average Bonchev–Trinajstić information content (AvgIpc) is 2.95. The van der Waals surface area contributed by atoms with Crippen LogP contribution in [0.3, 0.4) is 0 Å². The van der Waals surface area contributed by atoms with E-state index in [-0.39, 0.29) is 12.8 Å². The molecule has 0 saturated heterocycles. The highest BCUT2D eigenvalue weighted by molar-refractivity contribution is 8.76. The molecule has 0 fully saturated rings. The van der Waals surface area contributed by atoms with Gasteiger partial charge in [-0.1, -0.05) is 21.6 Å². The second-order valence-corrected chi connectivity index (χ2v) is 11.5. The monoisotopic (exact) mass is 580 g/mol. The number of carboxylic acids is 2. The van der Waals surface area contributed by atoms with E-state index < -0.39 is 11.9 Å². The summed E-state index contributed by atoms with van der Waals surface area (Å²) >= 11 is 0. The quantitative estimate of drug-likeness (QED) is 0.0953. The lowest BCUT2D eigenvalue weighted by Gasteiger charge is -2.10. The van der Waals surface area contributed by atoms with Gasteiger partial charge in [0.1, 0.15) is 11.5 Å². The molecule has 8 nitrogen and oxygen atoms in total. The Balaban J connectivity index is 1.33. The Morgan fingerprint density at radius 2 is 1.07 bits per heavy atom. The molecule has 0 spiro atoms. The molecular formula is C30H32N2O6S2. The van der Waals surface area contributed by atoms with E-state index in [1.54, 1.807) is 34.0 Å². The third-order valence-corrected chi connectivity index (χ3v) is 8.66. The molecule has 0 saturated carbocycles. The summed E-state index contributed by atoms with van der Waals surface area (Å²) < 4.78 is 11.7. The van der Waals surface area contributed by atoms with Crippen LogP contribution in [0.4, 0.5) is 0 Å². The highest BCUT2D eigenvalue weighted by Gasteiger charge is 2.09. The number of aromatic nitrogens is 2. The first-order valence-corrected chi connectivity index (χ1v) is 15.5. The van der Waals surface area contributed by atoms with E-state index in [4.69, 9.17) is 19.7 Å². The van der Waals surface area contributed by atoms with E-state index in [0.29, 0.717) is 26.1 Å². The van der Waals surface area contributed by atoms with E-state index in [1.165, 1.54) is 0 Å². The molecule has 2 heterocycles. The van der Waals surface area contributed by atoms with Gasteiger partial charge in [0.15, 0.2) is 0 Å². The lowest BCUT2D eigenvalue weighted by atomic mass is 10.2. The van der Waals surface area contributed by atoms with Gasteiger partial charge in [-0.25, -0.2) is 0 Å². The summed E-state index contributed by atoms with van der Waals surface area (Å²) in [7, 11) is 3.34. The molecule has 0 unspecified atom stereocenters. The molecule has 10 heteroatoms. The Morgan fingerprint density at radius 1 is 0.625 bits per heavy atom. The Morgan fingerprint density at radius 3 is 1.50 bits per heavy atom. The lowest BCUT2D eigenvalue weighted by Crippen LogP contribution is -1.99. The maximum absolute atomic E-state index is 10.6. The van der Waals surface area contributed by atoms with Crippen LogP contribution in [0.5, 0.6) is 11.5 Å². The fourth-order valence-corrected chi connectivity index (χ4v) is 6.46. The Bertz CT molecular complexity index is 1340. The first-order valence-electron chi connectivity index (χ1n) is 13.3. The standard InChI is InChI=1S/C30H32N2O6S2/c33-29(34)7-3-1-5-17-37-21-9-11-23-25(19-21)31-15-13-27(23)39-40-28-14-16-32-26-20-22(10-12-24(26)28)38-18-6-2-4-8-30(35)36/h9-16,19-20H,1-8,17-18H2,(H,33,34)(H,35,36). The van der Waals surface area contributed by atoms with Crippen LogP contribution in [0.15, 0.2) is 70.7 Å². The fraction of sp³-hybridized carbons (Fsp3) is 0.333. The van der Waals surface area contributed by atoms with Crippen LogP contribution in [0.2, 0.25) is 0 Å². The van der Waals surface area contributed by atoms with Gasteiger partial charge in [-0.2, -0.15) is 0 Å². The second kappa shape index (κ2) is 15.3. The average molecular weight is 581 g/mol. The largest absolute Gasteiger partial charge is 0.494 e. The van der Waals surface area contributed by atoms with Crippen LogP contribution in [0.25, 0.3) is 21.8 Å². The minimum atomic E-state index is -0.760. The fourth-order valence-electron chi connectivity index (χ4n) is 4.11. The molecule has 2 aromatic carbocycles. The summed E-state index contributed by atoms with van der Waals surface area (Å²) in [5.74, 6) is -0.00857. The van der Waals surface area contributed by atoms with Gasteiger partial charge in [0.05, 0.1) is 24.2 Å². The van der Waals surface area contributed by atoms with Crippen molar-refractivity contribution in [3.63, 3.8) is 0 Å². The van der Waals surface area contributed by atoms with Gasteiger partial charge in [0, 0.05) is 57.9 Å². The SMILES string of the molecule is O=C(O)CCCCCOc1ccc2c(SSc3ccnc4cc(OCCCCCC(=O)O)ccc34)ccnc2c1. The number of aliphatic carboxylic acids is 2. The zero-order valence-electron chi connectivity index (χ0n) is 22.1. The Labute approximate surface area is 240 Å². The predicted molar refractivity (Wildman–Crippen MR) is 158 cm³/mol. The molecule has 40 heavy (non-hydrogen) atoms. The van der Waals surface area contributed by atoms with Crippen LogP contribution in [-0.4, -0.2) is 45.3 Å². The van der Waals surface area contributed by atoms with E-state index in [9.17, 15) is 9.59 Å². The first kappa shape index (κ1) is 29.5. The van der Waals surface area contributed by atoms with Crippen LogP contribution in [0.1, 0.15) is 51.4 Å². The van der Waals surface area contributed by atoms with Crippen molar-refractivity contribution >= 4 is 55.3 Å². The number of hydrogen-bond acceptors (Lipinski definition) is 8. The molecule has 0 amide bonds. The van der Waals surface area contributed by atoms with E-state index in [0.717, 1.165) is 68.8 Å². The van der Waals surface area contributed by atoms with E-state index >= 15 is 0 Å². The number of carboxylic acid groups (broad SMARTS) is 2. The van der Waals surface area contributed by atoms with Gasteiger partial charge in [-0.05, 0) is 74.9 Å². The number of nitrogens with zero attached hydrogens (tertiary/aromatic N) is 2. The van der Waals surface area contributed by atoms with Gasteiger partial charge >= 0.3 is 11.9 Å². The summed E-state index contributed by atoms with van der Waals surface area (Å²) in [6.45, 7) is 1.09. The van der Waals surface area contributed by atoms with Gasteiger partial charge in [0.25, 0.3) is 0 Å².